The summed E-state index contributed by atoms with van der Waals surface area (Å²) in [7, 11) is 1.66. The van der Waals surface area contributed by atoms with Crippen LogP contribution in [0.25, 0.3) is 0 Å². The Hall–Kier alpha value is -0.160. The van der Waals surface area contributed by atoms with Gasteiger partial charge in [-0.2, -0.15) is 0 Å². The lowest BCUT2D eigenvalue weighted by atomic mass is 9.87. The molecule has 0 aromatic rings. The van der Waals surface area contributed by atoms with E-state index in [9.17, 15) is 5.11 Å². The molecular weight excluding hydrogens is 242 g/mol. The van der Waals surface area contributed by atoms with Crippen LogP contribution in [0.15, 0.2) is 0 Å². The van der Waals surface area contributed by atoms with Gasteiger partial charge >= 0.3 is 0 Å². The zero-order valence-corrected chi connectivity index (χ0v) is 12.6. The quantitative estimate of drug-likeness (QED) is 0.597. The molecule has 1 aliphatic carbocycles. The van der Waals surface area contributed by atoms with Gasteiger partial charge in [0.2, 0.25) is 0 Å². The third kappa shape index (κ3) is 8.58. The minimum Gasteiger partial charge on any atom is -0.389 e. The van der Waals surface area contributed by atoms with Crippen LogP contribution in [-0.2, 0) is 9.47 Å². The van der Waals surface area contributed by atoms with Crippen molar-refractivity contribution in [3.63, 3.8) is 0 Å². The maximum Gasteiger partial charge on any atom is 0.0897 e. The van der Waals surface area contributed by atoms with E-state index in [-0.39, 0.29) is 6.10 Å². The van der Waals surface area contributed by atoms with E-state index in [4.69, 9.17) is 9.47 Å². The fourth-order valence-corrected chi connectivity index (χ4v) is 2.67. The molecule has 0 bridgehead atoms. The molecule has 2 atom stereocenters. The highest BCUT2D eigenvalue weighted by atomic mass is 16.5. The number of rotatable bonds is 10. The summed E-state index contributed by atoms with van der Waals surface area (Å²) in [6.07, 6.45) is 7.86. The molecular formula is C15H31NO3. The van der Waals surface area contributed by atoms with Gasteiger partial charge in [-0.1, -0.05) is 32.1 Å². The first-order chi connectivity index (χ1) is 9.22. The molecule has 4 nitrogen and oxygen atoms in total. The first kappa shape index (κ1) is 16.9. The van der Waals surface area contributed by atoms with Crippen molar-refractivity contribution >= 4 is 0 Å². The summed E-state index contributed by atoms with van der Waals surface area (Å²) in [6.45, 7) is 4.53. The van der Waals surface area contributed by atoms with Gasteiger partial charge in [0.15, 0.2) is 0 Å². The molecule has 0 spiro atoms. The molecule has 2 N–H and O–H groups in total. The summed E-state index contributed by atoms with van der Waals surface area (Å²) >= 11 is 0. The maximum absolute atomic E-state index is 9.77. The minimum atomic E-state index is -0.425. The Kier molecular flexibility index (Phi) is 9.43. The molecule has 0 heterocycles. The Morgan fingerprint density at radius 2 is 1.95 bits per heavy atom. The number of methoxy groups -OCH3 is 1. The Balaban J connectivity index is 1.93. The fourth-order valence-electron chi connectivity index (χ4n) is 2.67. The van der Waals surface area contributed by atoms with Crippen LogP contribution in [-0.4, -0.2) is 50.7 Å². The van der Waals surface area contributed by atoms with Crippen molar-refractivity contribution in [2.24, 2.45) is 5.92 Å². The van der Waals surface area contributed by atoms with Crippen LogP contribution in [0.4, 0.5) is 0 Å². The number of hydrogen-bond donors (Lipinski definition) is 2. The van der Waals surface area contributed by atoms with Crippen LogP contribution in [0.2, 0.25) is 0 Å². The maximum atomic E-state index is 9.77. The van der Waals surface area contributed by atoms with Crippen LogP contribution in [0.3, 0.4) is 0 Å². The highest BCUT2D eigenvalue weighted by molar-refractivity contribution is 4.67. The van der Waals surface area contributed by atoms with Crippen molar-refractivity contribution in [3.05, 3.63) is 0 Å². The lowest BCUT2D eigenvalue weighted by Gasteiger charge is -2.22. The Bertz CT molecular complexity index is 208. The smallest absolute Gasteiger partial charge is 0.0897 e. The first-order valence-corrected chi connectivity index (χ1v) is 7.71. The van der Waals surface area contributed by atoms with E-state index in [1.165, 1.54) is 38.5 Å². The molecule has 1 rings (SSSR count). The van der Waals surface area contributed by atoms with E-state index in [0.29, 0.717) is 19.8 Å². The van der Waals surface area contributed by atoms with E-state index >= 15 is 0 Å². The molecule has 1 aliphatic rings. The predicted octanol–water partition coefficient (Wildman–Crippen LogP) is 1.96. The van der Waals surface area contributed by atoms with Gasteiger partial charge in [0, 0.05) is 13.7 Å². The molecule has 4 heteroatoms. The third-order valence-corrected chi connectivity index (χ3v) is 3.81. The van der Waals surface area contributed by atoms with Gasteiger partial charge in [-0.05, 0) is 25.8 Å². The van der Waals surface area contributed by atoms with Gasteiger partial charge in [-0.15, -0.1) is 0 Å². The van der Waals surface area contributed by atoms with Crippen molar-refractivity contribution < 1.29 is 14.6 Å². The van der Waals surface area contributed by atoms with Gasteiger partial charge in [0.1, 0.15) is 0 Å². The number of hydrogen-bond acceptors (Lipinski definition) is 4. The standard InChI is InChI=1S/C15H31NO3/c1-13(11-18-2)19-12-15(17)10-16-9-8-14-6-4-3-5-7-14/h13-17H,3-12H2,1-2H3. The Morgan fingerprint density at radius 1 is 1.21 bits per heavy atom. The van der Waals surface area contributed by atoms with Crippen molar-refractivity contribution in [2.45, 2.75) is 57.7 Å². The van der Waals surface area contributed by atoms with Gasteiger partial charge < -0.3 is 19.9 Å². The lowest BCUT2D eigenvalue weighted by molar-refractivity contribution is -0.0310. The number of aliphatic hydroxyl groups is 1. The average molecular weight is 273 g/mol. The molecule has 2 unspecified atom stereocenters. The summed E-state index contributed by atoms with van der Waals surface area (Å²) in [5.41, 5.74) is 0. The molecule has 0 amide bonds. The van der Waals surface area contributed by atoms with Crippen LogP contribution in [0, 0.1) is 5.92 Å². The summed E-state index contributed by atoms with van der Waals surface area (Å²) in [6, 6.07) is 0. The molecule has 0 aromatic carbocycles. The van der Waals surface area contributed by atoms with E-state index in [1.54, 1.807) is 7.11 Å². The highest BCUT2D eigenvalue weighted by Crippen LogP contribution is 2.25. The topological polar surface area (TPSA) is 50.7 Å². The van der Waals surface area contributed by atoms with E-state index in [0.717, 1.165) is 12.5 Å². The van der Waals surface area contributed by atoms with E-state index < -0.39 is 6.10 Å². The number of nitrogens with one attached hydrogen (secondary N) is 1. The van der Waals surface area contributed by atoms with Crippen LogP contribution in [0.5, 0.6) is 0 Å². The lowest BCUT2D eigenvalue weighted by Crippen LogP contribution is -2.33. The molecule has 19 heavy (non-hydrogen) atoms. The molecule has 0 saturated heterocycles. The summed E-state index contributed by atoms with van der Waals surface area (Å²) in [5, 5.41) is 13.1. The van der Waals surface area contributed by atoms with Crippen LogP contribution < -0.4 is 5.32 Å². The zero-order valence-electron chi connectivity index (χ0n) is 12.6. The molecule has 0 aliphatic heterocycles. The largest absolute Gasteiger partial charge is 0.389 e. The van der Waals surface area contributed by atoms with E-state index in [2.05, 4.69) is 5.32 Å². The summed E-state index contributed by atoms with van der Waals surface area (Å²) in [4.78, 5) is 0. The summed E-state index contributed by atoms with van der Waals surface area (Å²) in [5.74, 6) is 0.899. The Morgan fingerprint density at radius 3 is 2.63 bits per heavy atom. The zero-order chi connectivity index (χ0) is 13.9. The second kappa shape index (κ2) is 10.6. The van der Waals surface area contributed by atoms with Gasteiger partial charge in [-0.25, -0.2) is 0 Å². The van der Waals surface area contributed by atoms with Crippen molar-refractivity contribution in [2.75, 3.05) is 33.4 Å². The average Bonchev–Trinajstić information content (AvgIpc) is 2.43. The van der Waals surface area contributed by atoms with E-state index in [1.807, 2.05) is 6.92 Å². The second-order valence-corrected chi connectivity index (χ2v) is 5.75. The van der Waals surface area contributed by atoms with Gasteiger partial charge in [0.05, 0.1) is 25.4 Å². The van der Waals surface area contributed by atoms with Crippen molar-refractivity contribution in [3.8, 4) is 0 Å². The monoisotopic (exact) mass is 273 g/mol. The Labute approximate surface area is 117 Å². The van der Waals surface area contributed by atoms with Crippen molar-refractivity contribution in [1.29, 1.82) is 0 Å². The molecule has 1 saturated carbocycles. The normalized spacial score (nSPS) is 20.4. The number of aliphatic hydroxyl groups excluding tert-OH is 1. The summed E-state index contributed by atoms with van der Waals surface area (Å²) < 4.78 is 10.5. The third-order valence-electron chi connectivity index (χ3n) is 3.81. The number of ether oxygens (including phenoxy) is 2. The second-order valence-electron chi connectivity index (χ2n) is 5.75. The fraction of sp³-hybridized carbons (Fsp3) is 1.00. The van der Waals surface area contributed by atoms with Crippen LogP contribution in [0.1, 0.15) is 45.4 Å². The predicted molar refractivity (Wildman–Crippen MR) is 77.4 cm³/mol. The van der Waals surface area contributed by atoms with Gasteiger partial charge in [-0.3, -0.25) is 0 Å². The van der Waals surface area contributed by atoms with Crippen molar-refractivity contribution in [1.82, 2.24) is 5.32 Å². The molecule has 114 valence electrons. The van der Waals surface area contributed by atoms with Gasteiger partial charge in [0.25, 0.3) is 0 Å². The molecule has 1 fully saturated rings. The minimum absolute atomic E-state index is 0.0434. The first-order valence-electron chi connectivity index (χ1n) is 7.71. The molecule has 0 radical (unpaired) electrons. The molecule has 0 aromatic heterocycles. The highest BCUT2D eigenvalue weighted by Gasteiger charge is 2.13. The van der Waals surface area contributed by atoms with Crippen LogP contribution >= 0.6 is 0 Å². The SMILES string of the molecule is COCC(C)OCC(O)CNCCC1CCCCC1.